The van der Waals surface area contributed by atoms with Gasteiger partial charge in [0.1, 0.15) is 0 Å². The lowest BCUT2D eigenvalue weighted by atomic mass is 10.1. The summed E-state index contributed by atoms with van der Waals surface area (Å²) in [6.07, 6.45) is 0.860. The standard InChI is InChI=1S/C22H31N3O3S/c1-23(9-8-18-6-7-20(27-2)21(15-18)28-3)17-22(26)25-12-10-24(11-13-25)16-19-5-4-14-29-19/h4-7,14-15H,8-13,16-17H2,1-3H3. The van der Waals surface area contributed by atoms with E-state index in [0.29, 0.717) is 6.54 Å². The number of hydrogen-bond acceptors (Lipinski definition) is 6. The zero-order chi connectivity index (χ0) is 20.6. The van der Waals surface area contributed by atoms with E-state index in [1.807, 2.05) is 30.1 Å². The molecule has 0 aliphatic carbocycles. The first-order chi connectivity index (χ1) is 14.1. The zero-order valence-corrected chi connectivity index (χ0v) is 18.4. The number of piperazine rings is 1. The predicted molar refractivity (Wildman–Crippen MR) is 117 cm³/mol. The van der Waals surface area contributed by atoms with Crippen molar-refractivity contribution in [1.29, 1.82) is 0 Å². The van der Waals surface area contributed by atoms with Crippen molar-refractivity contribution in [3.8, 4) is 11.5 Å². The molecule has 0 unspecified atom stereocenters. The minimum absolute atomic E-state index is 0.218. The van der Waals surface area contributed by atoms with E-state index in [9.17, 15) is 4.79 Å². The van der Waals surface area contributed by atoms with E-state index < -0.39 is 0 Å². The van der Waals surface area contributed by atoms with Crippen LogP contribution in [0.4, 0.5) is 0 Å². The Morgan fingerprint density at radius 1 is 1.10 bits per heavy atom. The molecule has 1 aliphatic heterocycles. The summed E-state index contributed by atoms with van der Waals surface area (Å²) in [7, 11) is 5.29. The number of ether oxygens (including phenoxy) is 2. The summed E-state index contributed by atoms with van der Waals surface area (Å²) in [6.45, 7) is 5.78. The Morgan fingerprint density at radius 3 is 2.52 bits per heavy atom. The van der Waals surface area contributed by atoms with Crippen molar-refractivity contribution in [2.75, 3.05) is 60.5 Å². The summed E-state index contributed by atoms with van der Waals surface area (Å²) in [5.74, 6) is 1.69. The van der Waals surface area contributed by atoms with Gasteiger partial charge in [0.15, 0.2) is 11.5 Å². The van der Waals surface area contributed by atoms with Crippen molar-refractivity contribution in [2.24, 2.45) is 0 Å². The lowest BCUT2D eigenvalue weighted by molar-refractivity contribution is -0.133. The van der Waals surface area contributed by atoms with Gasteiger partial charge in [-0.3, -0.25) is 14.6 Å². The third-order valence-electron chi connectivity index (χ3n) is 5.32. The van der Waals surface area contributed by atoms with Crippen molar-refractivity contribution in [2.45, 2.75) is 13.0 Å². The highest BCUT2D eigenvalue weighted by Crippen LogP contribution is 2.27. The molecule has 0 saturated carbocycles. The van der Waals surface area contributed by atoms with Crippen molar-refractivity contribution in [3.63, 3.8) is 0 Å². The second kappa shape index (κ2) is 10.6. The van der Waals surface area contributed by atoms with Gasteiger partial charge in [-0.2, -0.15) is 0 Å². The fraction of sp³-hybridized carbons (Fsp3) is 0.500. The van der Waals surface area contributed by atoms with Crippen molar-refractivity contribution in [3.05, 3.63) is 46.2 Å². The van der Waals surface area contributed by atoms with Gasteiger partial charge in [-0.25, -0.2) is 0 Å². The number of thiophene rings is 1. The fourth-order valence-electron chi connectivity index (χ4n) is 3.54. The largest absolute Gasteiger partial charge is 0.493 e. The molecule has 3 rings (SSSR count). The number of rotatable bonds is 9. The molecular weight excluding hydrogens is 386 g/mol. The molecular formula is C22H31N3O3S. The van der Waals surface area contributed by atoms with Gasteiger partial charge < -0.3 is 14.4 Å². The maximum Gasteiger partial charge on any atom is 0.236 e. The number of benzene rings is 1. The van der Waals surface area contributed by atoms with E-state index in [2.05, 4.69) is 27.3 Å². The maximum absolute atomic E-state index is 12.7. The highest BCUT2D eigenvalue weighted by molar-refractivity contribution is 7.09. The van der Waals surface area contributed by atoms with Gasteiger partial charge in [-0.1, -0.05) is 12.1 Å². The second-order valence-corrected chi connectivity index (χ2v) is 8.45. The molecule has 0 atom stereocenters. The van der Waals surface area contributed by atoms with Crippen LogP contribution in [0.3, 0.4) is 0 Å². The first kappa shape index (κ1) is 21.6. The van der Waals surface area contributed by atoms with E-state index in [4.69, 9.17) is 9.47 Å². The SMILES string of the molecule is COc1ccc(CCN(C)CC(=O)N2CCN(Cc3cccs3)CC2)cc1OC. The average molecular weight is 418 g/mol. The number of methoxy groups -OCH3 is 2. The molecule has 7 heteroatoms. The third-order valence-corrected chi connectivity index (χ3v) is 6.18. The first-order valence-electron chi connectivity index (χ1n) is 10.0. The van der Waals surface area contributed by atoms with Crippen LogP contribution in [0.15, 0.2) is 35.7 Å². The van der Waals surface area contributed by atoms with Crippen molar-refractivity contribution < 1.29 is 14.3 Å². The molecule has 0 spiro atoms. The van der Waals surface area contributed by atoms with Crippen LogP contribution in [0.25, 0.3) is 0 Å². The fourth-order valence-corrected chi connectivity index (χ4v) is 4.29. The Bertz CT molecular complexity index is 774. The molecule has 0 radical (unpaired) electrons. The van der Waals surface area contributed by atoms with E-state index >= 15 is 0 Å². The summed E-state index contributed by atoms with van der Waals surface area (Å²) in [6, 6.07) is 10.2. The van der Waals surface area contributed by atoms with Crippen LogP contribution >= 0.6 is 11.3 Å². The van der Waals surface area contributed by atoms with Gasteiger partial charge in [-0.05, 0) is 42.6 Å². The van der Waals surface area contributed by atoms with Gasteiger partial charge in [0.25, 0.3) is 0 Å². The Labute approximate surface area is 177 Å². The Hall–Kier alpha value is -2.09. The summed E-state index contributed by atoms with van der Waals surface area (Å²) < 4.78 is 10.7. The van der Waals surface area contributed by atoms with Crippen LogP contribution in [0, 0.1) is 0 Å². The van der Waals surface area contributed by atoms with E-state index in [1.165, 1.54) is 10.4 Å². The molecule has 1 fully saturated rings. The maximum atomic E-state index is 12.7. The van der Waals surface area contributed by atoms with E-state index in [1.54, 1.807) is 25.6 Å². The van der Waals surface area contributed by atoms with Gasteiger partial charge in [0.05, 0.1) is 20.8 Å². The lowest BCUT2D eigenvalue weighted by Gasteiger charge is -2.35. The van der Waals surface area contributed by atoms with Crippen molar-refractivity contribution >= 4 is 17.2 Å². The Kier molecular flexibility index (Phi) is 7.91. The highest BCUT2D eigenvalue weighted by Gasteiger charge is 2.22. The summed E-state index contributed by atoms with van der Waals surface area (Å²) in [4.78, 5) is 20.6. The first-order valence-corrected chi connectivity index (χ1v) is 10.9. The normalized spacial score (nSPS) is 15.0. The molecule has 1 saturated heterocycles. The minimum Gasteiger partial charge on any atom is -0.493 e. The number of nitrogens with zero attached hydrogens (tertiary/aromatic N) is 3. The van der Waals surface area contributed by atoms with Crippen molar-refractivity contribution in [1.82, 2.24) is 14.7 Å². The smallest absolute Gasteiger partial charge is 0.236 e. The average Bonchev–Trinajstić information content (AvgIpc) is 3.25. The number of hydrogen-bond donors (Lipinski definition) is 0. The van der Waals surface area contributed by atoms with E-state index in [-0.39, 0.29) is 5.91 Å². The minimum atomic E-state index is 0.218. The lowest BCUT2D eigenvalue weighted by Crippen LogP contribution is -2.50. The van der Waals surface area contributed by atoms with Gasteiger partial charge >= 0.3 is 0 Å². The summed E-state index contributed by atoms with van der Waals surface area (Å²) in [5.41, 5.74) is 1.17. The molecule has 158 valence electrons. The molecule has 0 N–H and O–H groups in total. The Morgan fingerprint density at radius 2 is 1.86 bits per heavy atom. The molecule has 2 heterocycles. The van der Waals surface area contributed by atoms with Gasteiger partial charge in [0, 0.05) is 44.1 Å². The monoisotopic (exact) mass is 417 g/mol. The van der Waals surface area contributed by atoms with Crippen LogP contribution in [-0.2, 0) is 17.8 Å². The van der Waals surface area contributed by atoms with E-state index in [0.717, 1.165) is 57.2 Å². The molecule has 29 heavy (non-hydrogen) atoms. The van der Waals surface area contributed by atoms with Crippen LogP contribution in [0.1, 0.15) is 10.4 Å². The second-order valence-electron chi connectivity index (χ2n) is 7.41. The van der Waals surface area contributed by atoms with Gasteiger partial charge in [0.2, 0.25) is 5.91 Å². The molecule has 0 bridgehead atoms. The number of carbonyl (C=O) groups excluding carboxylic acids is 1. The molecule has 2 aromatic rings. The number of likely N-dealkylation sites (N-methyl/N-ethyl adjacent to an activating group) is 1. The molecule has 1 aromatic carbocycles. The predicted octanol–water partition coefficient (Wildman–Crippen LogP) is 2.58. The number of carbonyl (C=O) groups is 1. The topological polar surface area (TPSA) is 45.2 Å². The molecule has 1 amide bonds. The van der Waals surface area contributed by atoms with Crippen LogP contribution < -0.4 is 9.47 Å². The van der Waals surface area contributed by atoms with Crippen LogP contribution in [0.2, 0.25) is 0 Å². The third kappa shape index (κ3) is 6.19. The van der Waals surface area contributed by atoms with Crippen LogP contribution in [-0.4, -0.2) is 81.1 Å². The zero-order valence-electron chi connectivity index (χ0n) is 17.6. The molecule has 1 aromatic heterocycles. The van der Waals surface area contributed by atoms with Crippen LogP contribution in [0.5, 0.6) is 11.5 Å². The molecule has 1 aliphatic rings. The summed E-state index contributed by atoms with van der Waals surface area (Å²) in [5, 5.41) is 2.12. The summed E-state index contributed by atoms with van der Waals surface area (Å²) >= 11 is 1.80. The van der Waals surface area contributed by atoms with Gasteiger partial charge in [-0.15, -0.1) is 11.3 Å². The number of amides is 1. The Balaban J connectivity index is 1.40. The molecule has 6 nitrogen and oxygen atoms in total. The quantitative estimate of drug-likeness (QED) is 0.628. The highest BCUT2D eigenvalue weighted by atomic mass is 32.1.